The lowest BCUT2D eigenvalue weighted by molar-refractivity contribution is 0.0688. The fourth-order valence-corrected chi connectivity index (χ4v) is 2.16. The maximum Gasteiger partial charge on any atom is 0.354 e. The Kier molecular flexibility index (Phi) is 14.6. The zero-order valence-corrected chi connectivity index (χ0v) is 17.3. The minimum Gasteiger partial charge on any atom is -0.477 e. The summed E-state index contributed by atoms with van der Waals surface area (Å²) in [6.45, 7) is 15.8. The fourth-order valence-electron chi connectivity index (χ4n) is 1.85. The number of aromatic carboxylic acids is 1. The van der Waals surface area contributed by atoms with Gasteiger partial charge in [-0.15, -0.1) is 0 Å². The van der Waals surface area contributed by atoms with E-state index in [0.29, 0.717) is 5.15 Å². The van der Waals surface area contributed by atoms with Gasteiger partial charge in [0.05, 0.1) is 0 Å². The molecule has 0 bridgehead atoms. The van der Waals surface area contributed by atoms with Gasteiger partial charge in [-0.3, -0.25) is 0 Å². The predicted octanol–water partition coefficient (Wildman–Crippen LogP) is 6.31. The first-order valence-corrected chi connectivity index (χ1v) is 8.98. The number of hydrogen-bond acceptors (Lipinski definition) is 3. The SMILES string of the molecule is CC.CC.CC(C)c1cccnc1C(=O)O.Cc1cc(C)nc(Cl)c1. The lowest BCUT2D eigenvalue weighted by Gasteiger charge is -2.06. The van der Waals surface area contributed by atoms with Crippen molar-refractivity contribution in [1.82, 2.24) is 9.97 Å². The molecule has 0 saturated carbocycles. The molecule has 5 heteroatoms. The van der Waals surface area contributed by atoms with Crippen LogP contribution in [0.3, 0.4) is 0 Å². The number of hydrogen-bond donors (Lipinski definition) is 1. The maximum atomic E-state index is 10.7. The van der Waals surface area contributed by atoms with Crippen LogP contribution >= 0.6 is 11.6 Å². The molecule has 2 aromatic heterocycles. The van der Waals surface area contributed by atoms with Gasteiger partial charge in [0, 0.05) is 11.9 Å². The highest BCUT2D eigenvalue weighted by atomic mass is 35.5. The first-order chi connectivity index (χ1) is 11.8. The minimum atomic E-state index is -0.959. The quantitative estimate of drug-likeness (QED) is 0.632. The van der Waals surface area contributed by atoms with Crippen molar-refractivity contribution in [2.75, 3.05) is 0 Å². The molecule has 0 aliphatic rings. The van der Waals surface area contributed by atoms with Crippen molar-refractivity contribution in [3.05, 3.63) is 58.1 Å². The van der Waals surface area contributed by atoms with Crippen LogP contribution in [0.5, 0.6) is 0 Å². The highest BCUT2D eigenvalue weighted by Gasteiger charge is 2.12. The molecule has 0 aromatic carbocycles. The Morgan fingerprint density at radius 3 is 2.04 bits per heavy atom. The molecule has 0 atom stereocenters. The molecule has 25 heavy (non-hydrogen) atoms. The first-order valence-electron chi connectivity index (χ1n) is 8.60. The van der Waals surface area contributed by atoms with Crippen molar-refractivity contribution in [3.8, 4) is 0 Å². The number of pyridine rings is 2. The van der Waals surface area contributed by atoms with Gasteiger partial charge in [0.25, 0.3) is 0 Å². The van der Waals surface area contributed by atoms with Crippen molar-refractivity contribution in [1.29, 1.82) is 0 Å². The van der Waals surface area contributed by atoms with E-state index >= 15 is 0 Å². The molecule has 0 radical (unpaired) electrons. The molecule has 0 fully saturated rings. The summed E-state index contributed by atoms with van der Waals surface area (Å²) in [7, 11) is 0. The molecule has 4 nitrogen and oxygen atoms in total. The second-order valence-electron chi connectivity index (χ2n) is 5.01. The second kappa shape index (κ2) is 14.4. The average Bonchev–Trinajstić information content (AvgIpc) is 2.57. The molecule has 2 heterocycles. The van der Waals surface area contributed by atoms with Crippen LogP contribution in [-0.2, 0) is 0 Å². The van der Waals surface area contributed by atoms with Crippen molar-refractivity contribution in [2.45, 2.75) is 61.3 Å². The zero-order valence-electron chi connectivity index (χ0n) is 16.6. The van der Waals surface area contributed by atoms with Gasteiger partial charge in [-0.25, -0.2) is 14.8 Å². The predicted molar refractivity (Wildman–Crippen MR) is 107 cm³/mol. The van der Waals surface area contributed by atoms with Crippen LogP contribution in [-0.4, -0.2) is 21.0 Å². The number of carboxylic acid groups (broad SMARTS) is 1. The lowest BCUT2D eigenvalue weighted by atomic mass is 10.0. The van der Waals surface area contributed by atoms with E-state index in [2.05, 4.69) is 9.97 Å². The van der Waals surface area contributed by atoms with Gasteiger partial charge in [0.2, 0.25) is 0 Å². The van der Waals surface area contributed by atoms with Gasteiger partial charge >= 0.3 is 5.97 Å². The summed E-state index contributed by atoms with van der Waals surface area (Å²) >= 11 is 5.64. The Labute approximate surface area is 157 Å². The van der Waals surface area contributed by atoms with E-state index in [-0.39, 0.29) is 11.6 Å². The van der Waals surface area contributed by atoms with Gasteiger partial charge in [-0.05, 0) is 49.1 Å². The van der Waals surface area contributed by atoms with Crippen LogP contribution in [0, 0.1) is 13.8 Å². The molecular formula is C20H31ClN2O2. The van der Waals surface area contributed by atoms with Gasteiger partial charge in [0.15, 0.2) is 5.69 Å². The Morgan fingerprint density at radius 2 is 1.68 bits per heavy atom. The number of aromatic nitrogens is 2. The Morgan fingerprint density at radius 1 is 1.12 bits per heavy atom. The smallest absolute Gasteiger partial charge is 0.354 e. The monoisotopic (exact) mass is 366 g/mol. The summed E-state index contributed by atoms with van der Waals surface area (Å²) in [4.78, 5) is 18.5. The van der Waals surface area contributed by atoms with Crippen molar-refractivity contribution in [2.24, 2.45) is 0 Å². The van der Waals surface area contributed by atoms with Crippen LogP contribution < -0.4 is 0 Å². The minimum absolute atomic E-state index is 0.160. The summed E-state index contributed by atoms with van der Waals surface area (Å²) in [5.41, 5.74) is 3.07. The maximum absolute atomic E-state index is 10.7. The van der Waals surface area contributed by atoms with Gasteiger partial charge < -0.3 is 5.11 Å². The molecule has 0 aliphatic heterocycles. The highest BCUT2D eigenvalue weighted by Crippen LogP contribution is 2.16. The molecule has 1 N–H and O–H groups in total. The molecule has 0 spiro atoms. The number of carbonyl (C=O) groups is 1. The lowest BCUT2D eigenvalue weighted by Crippen LogP contribution is -2.06. The largest absolute Gasteiger partial charge is 0.477 e. The third-order valence-electron chi connectivity index (χ3n) is 2.73. The van der Waals surface area contributed by atoms with Crippen LogP contribution in [0.2, 0.25) is 5.15 Å². The summed E-state index contributed by atoms with van der Waals surface area (Å²) < 4.78 is 0. The summed E-state index contributed by atoms with van der Waals surface area (Å²) in [6.07, 6.45) is 1.50. The third kappa shape index (κ3) is 10.5. The Bertz CT molecular complexity index is 578. The molecule has 2 rings (SSSR count). The van der Waals surface area contributed by atoms with Crippen LogP contribution in [0.1, 0.15) is 74.8 Å². The second-order valence-corrected chi connectivity index (χ2v) is 5.40. The third-order valence-corrected chi connectivity index (χ3v) is 2.92. The van der Waals surface area contributed by atoms with Crippen LogP contribution in [0.25, 0.3) is 0 Å². The van der Waals surface area contributed by atoms with E-state index in [1.807, 2.05) is 67.5 Å². The van der Waals surface area contributed by atoms with Gasteiger partial charge in [-0.1, -0.05) is 59.2 Å². The topological polar surface area (TPSA) is 63.1 Å². The summed E-state index contributed by atoms with van der Waals surface area (Å²) in [5, 5.41) is 9.33. The number of aryl methyl sites for hydroxylation is 2. The van der Waals surface area contributed by atoms with Crippen molar-refractivity contribution < 1.29 is 9.90 Å². The van der Waals surface area contributed by atoms with Gasteiger partial charge in [0.1, 0.15) is 5.15 Å². The van der Waals surface area contributed by atoms with Crippen LogP contribution in [0.15, 0.2) is 30.5 Å². The van der Waals surface area contributed by atoms with E-state index in [1.54, 1.807) is 12.1 Å². The highest BCUT2D eigenvalue weighted by molar-refractivity contribution is 6.29. The van der Waals surface area contributed by atoms with E-state index in [1.165, 1.54) is 6.20 Å². The Balaban J connectivity index is 0. The number of carboxylic acids is 1. The number of nitrogens with zero attached hydrogens (tertiary/aromatic N) is 2. The Hall–Kier alpha value is -1.94. The molecule has 0 saturated heterocycles. The van der Waals surface area contributed by atoms with E-state index in [4.69, 9.17) is 16.7 Å². The summed E-state index contributed by atoms with van der Waals surface area (Å²) in [6, 6.07) is 7.38. The molecule has 0 amide bonds. The number of halogens is 1. The number of rotatable bonds is 2. The van der Waals surface area contributed by atoms with Gasteiger partial charge in [-0.2, -0.15) is 0 Å². The normalized spacial score (nSPS) is 8.88. The average molecular weight is 367 g/mol. The molecule has 2 aromatic rings. The summed E-state index contributed by atoms with van der Waals surface area (Å²) in [5.74, 6) is -0.760. The van der Waals surface area contributed by atoms with Crippen molar-refractivity contribution in [3.63, 3.8) is 0 Å². The zero-order chi connectivity index (χ0) is 20.0. The van der Waals surface area contributed by atoms with Crippen molar-refractivity contribution >= 4 is 17.6 Å². The fraction of sp³-hybridized carbons (Fsp3) is 0.450. The molecule has 140 valence electrons. The standard InChI is InChI=1S/C9H11NO2.C7H8ClN.2C2H6/c1-6(2)7-4-3-5-10-8(7)9(11)12;1-5-3-6(2)9-7(8)4-5;2*1-2/h3-6H,1-2H3,(H,11,12);3-4H,1-2H3;2*1-2H3. The molecular weight excluding hydrogens is 336 g/mol. The first kappa shape index (κ1) is 25.3. The molecule has 0 aliphatic carbocycles. The van der Waals surface area contributed by atoms with Crippen LogP contribution in [0.4, 0.5) is 0 Å². The van der Waals surface area contributed by atoms with E-state index in [0.717, 1.165) is 16.8 Å². The van der Waals surface area contributed by atoms with E-state index in [9.17, 15) is 4.79 Å². The van der Waals surface area contributed by atoms with E-state index < -0.39 is 5.97 Å². The molecule has 0 unspecified atom stereocenters.